The highest BCUT2D eigenvalue weighted by Gasteiger charge is 2.30. The third-order valence-electron chi connectivity index (χ3n) is 15.3. The predicted octanol–water partition coefficient (Wildman–Crippen LogP) is 17.0. The molecule has 6 aromatic carbocycles. The second-order valence-corrected chi connectivity index (χ2v) is 25.8. The lowest BCUT2D eigenvalue weighted by Gasteiger charge is -2.30. The molecule has 4 aliphatic rings. The van der Waals surface area contributed by atoms with Crippen molar-refractivity contribution in [1.29, 1.82) is 0 Å². The molecule has 0 saturated carbocycles. The Balaban J connectivity index is 0.000000221. The monoisotopic (exact) mass is 1530 g/mol. The summed E-state index contributed by atoms with van der Waals surface area (Å²) in [5.41, 5.74) is 26.9. The molecule has 516 valence electrons. The van der Waals surface area contributed by atoms with Crippen LogP contribution in [0.2, 0.25) is 15.1 Å². The Hall–Kier alpha value is -7.85. The van der Waals surface area contributed by atoms with Gasteiger partial charge in [0.05, 0.1) is 58.4 Å². The largest absolute Gasteiger partial charge is 0.473 e. The molecule has 0 atom stereocenters. The smallest absolute Gasteiger partial charge is 0.256 e. The Labute approximate surface area is 605 Å². The predicted molar refractivity (Wildman–Crippen MR) is 395 cm³/mol. The van der Waals surface area contributed by atoms with E-state index in [1.165, 1.54) is 0 Å². The van der Waals surface area contributed by atoms with Crippen LogP contribution in [0.25, 0.3) is 0 Å². The lowest BCUT2D eigenvalue weighted by molar-refractivity contribution is 0.0724. The molecule has 0 bridgehead atoms. The van der Waals surface area contributed by atoms with E-state index in [1.807, 2.05) is 148 Å². The van der Waals surface area contributed by atoms with Gasteiger partial charge in [0.2, 0.25) is 11.8 Å². The minimum absolute atomic E-state index is 0. The maximum absolute atomic E-state index is 13.2. The summed E-state index contributed by atoms with van der Waals surface area (Å²) in [6.45, 7) is 16.7. The summed E-state index contributed by atoms with van der Waals surface area (Å²) in [4.78, 5) is 71.7. The summed E-state index contributed by atoms with van der Waals surface area (Å²) < 4.78 is 28.9. The number of benzene rings is 6. The number of hydrogen-bond acceptors (Lipinski definition) is 13. The fourth-order valence-electron chi connectivity index (χ4n) is 10.3. The Bertz CT molecular complexity index is 3940. The van der Waals surface area contributed by atoms with Gasteiger partial charge in [0.15, 0.2) is 5.34 Å². The first-order valence-electron chi connectivity index (χ1n) is 31.4. The van der Waals surface area contributed by atoms with E-state index in [0.717, 1.165) is 120 Å². The summed E-state index contributed by atoms with van der Waals surface area (Å²) in [5.74, 6) is 1.95. The number of nitrogen functional groups attached to an aromatic ring is 2. The molecule has 2 aromatic heterocycles. The molecule has 0 saturated heterocycles. The molecule has 0 aliphatic carbocycles. The summed E-state index contributed by atoms with van der Waals surface area (Å²) in [7, 11) is -1.00. The molecule has 7 N–H and O–H groups in total. The molecular formula is C73H82Br2Cl4FN9O8. The molecule has 0 unspecified atom stereocenters. The van der Waals surface area contributed by atoms with Crippen LogP contribution in [-0.2, 0) is 56.2 Å². The molecule has 4 amide bonds. The number of carbonyl (C=O) groups is 4. The highest BCUT2D eigenvalue weighted by molar-refractivity contribution is 9.10. The zero-order chi connectivity index (χ0) is 70.7. The van der Waals surface area contributed by atoms with E-state index in [-0.39, 0.29) is 31.1 Å². The third kappa shape index (κ3) is 23.1. The van der Waals surface area contributed by atoms with Crippen LogP contribution < -0.4 is 36.9 Å². The molecule has 0 fully saturated rings. The molecule has 97 heavy (non-hydrogen) atoms. The summed E-state index contributed by atoms with van der Waals surface area (Å²) in [6, 6.07) is 40.8. The van der Waals surface area contributed by atoms with E-state index in [4.69, 9.17) is 68.7 Å². The van der Waals surface area contributed by atoms with Gasteiger partial charge in [0, 0.05) is 68.9 Å². The van der Waals surface area contributed by atoms with Crippen LogP contribution in [0.3, 0.4) is 0 Å². The number of fused-ring (bicyclic) bond motifs is 4. The van der Waals surface area contributed by atoms with Crippen molar-refractivity contribution in [3.8, 4) is 11.8 Å². The van der Waals surface area contributed by atoms with Gasteiger partial charge in [0.1, 0.15) is 19.8 Å². The number of alkyl halides is 2. The highest BCUT2D eigenvalue weighted by atomic mass is 79.9. The maximum atomic E-state index is 13.2. The lowest BCUT2D eigenvalue weighted by Crippen LogP contribution is -2.37. The van der Waals surface area contributed by atoms with E-state index in [0.29, 0.717) is 113 Å². The van der Waals surface area contributed by atoms with Crippen LogP contribution in [0.15, 0.2) is 142 Å². The van der Waals surface area contributed by atoms with Crippen molar-refractivity contribution >= 4 is 113 Å². The molecule has 12 rings (SSSR count). The third-order valence-corrected chi connectivity index (χ3v) is 18.5. The van der Waals surface area contributed by atoms with Crippen molar-refractivity contribution in [1.82, 2.24) is 30.8 Å². The molecule has 4 aliphatic heterocycles. The number of carbonyl (C=O) groups excluding carboxylic acids is 4. The Morgan fingerprint density at radius 2 is 1.08 bits per heavy atom. The Morgan fingerprint density at radius 3 is 1.60 bits per heavy atom. The number of amides is 4. The minimum Gasteiger partial charge on any atom is -0.473 e. The first kappa shape index (κ1) is 78.1. The van der Waals surface area contributed by atoms with Gasteiger partial charge in [-0.15, -0.1) is 16.5 Å². The van der Waals surface area contributed by atoms with E-state index < -0.39 is 7.15 Å². The van der Waals surface area contributed by atoms with E-state index in [9.17, 15) is 28.5 Å². The van der Waals surface area contributed by atoms with E-state index in [2.05, 4.69) is 81.8 Å². The van der Waals surface area contributed by atoms with Gasteiger partial charge in [-0.25, -0.2) is 9.97 Å². The highest BCUT2D eigenvalue weighted by Crippen LogP contribution is 2.35. The number of anilines is 2. The summed E-state index contributed by atoms with van der Waals surface area (Å²) in [6.07, 6.45) is 4.24. The van der Waals surface area contributed by atoms with Crippen LogP contribution >= 0.6 is 78.3 Å². The second-order valence-electron chi connectivity index (χ2n) is 22.7. The number of pyridine rings is 2. The first-order chi connectivity index (χ1) is 46.5. The molecule has 0 radical (unpaired) electrons. The quantitative estimate of drug-likeness (QED) is 0.0238. The van der Waals surface area contributed by atoms with Crippen molar-refractivity contribution in [2.45, 2.75) is 107 Å². The Kier molecular flexibility index (Phi) is 32.3. The number of hydrogen-bond donors (Lipinski definition) is 5. The van der Waals surface area contributed by atoms with Gasteiger partial charge in [-0.3, -0.25) is 23.6 Å². The van der Waals surface area contributed by atoms with Crippen molar-refractivity contribution < 1.29 is 39.3 Å². The van der Waals surface area contributed by atoms with E-state index >= 15 is 0 Å². The first-order valence-corrected chi connectivity index (χ1v) is 33.9. The molecule has 24 heteroatoms. The molecule has 17 nitrogen and oxygen atoms in total. The standard InChI is InChI=1S/C24H22BrClN2O2.C15H16ClNO.C9H7BrClNO.C9H9ClN2O.C9H10N2O.C5H11NO2.CH3F.CH4/c1-15-12-16(2)27-23(30-14-17-6-4-3-5-7-17)19(15)13-28-11-10-18-8-9-20(25)22(26)21(18)24(28)29;1-11-8-12(2)17-15(14(11)9-16)18-10-13-6-4-3-5-7-13;10-6-2-1-5-3-4-12-9(13)7(5)8(6)11;10-8-6(11)2-1-5-3-4-12-9(13)7(5)8;10-7-2-1-6-3-4-11-9(12)8(6)5-7;1-5(2)3-4-8-6-7;1-2;/h3-9,12H,10-11,13-14H2,1-2H3;3-8H,9-10H2,1-2H3;1-2H,3-4H2,(H,12,13);1-2H,3-4,11H2,(H,12,13);1-2,5H,3-4,10H2,(H,11,12);5H,3-4H2,1-2H3;1H3;1H4/i;;;;;;1D;. The molecular weight excluding hydrogens is 1450 g/mol. The number of nitrogens with two attached hydrogens (primary N) is 2. The van der Waals surface area contributed by atoms with Crippen LogP contribution in [-0.4, -0.2) is 78.4 Å². The summed E-state index contributed by atoms with van der Waals surface area (Å²) in [5, 5.41) is 11.9. The van der Waals surface area contributed by atoms with Gasteiger partial charge in [0.25, 0.3) is 23.6 Å². The topological polar surface area (TPSA) is 243 Å². The number of nitrogens with one attached hydrogen (secondary N) is 3. The van der Waals surface area contributed by atoms with Gasteiger partial charge >= 0.3 is 0 Å². The van der Waals surface area contributed by atoms with Crippen molar-refractivity contribution in [3.05, 3.63) is 246 Å². The zero-order valence-electron chi connectivity index (χ0n) is 55.2. The number of nitrogens with zero attached hydrogens (tertiary/aromatic N) is 4. The number of aromatic nitrogens is 2. The SMILES string of the molecule is C.CC(C)CCON=O.Cc1cc(C)c(CCl)c(OCc2ccccc2)n1.Cc1cc(C)c(CN2CCc3ccc(Br)c(Cl)c3C2=O)c(OCc2ccccc2)n1.Nc1ccc2c(c1)C(=O)NCC2.Nc1ccc2c(c1Cl)C(=O)NCC2.O=C1NCCc2ccc(Br)c(Cl)c21.[2H]CF. The Morgan fingerprint density at radius 1 is 0.629 bits per heavy atom. The van der Waals surface area contributed by atoms with Crippen molar-refractivity contribution in [2.24, 2.45) is 11.3 Å². The normalized spacial score (nSPS) is 12.9. The molecule has 0 spiro atoms. The van der Waals surface area contributed by atoms with Gasteiger partial charge in [-0.05, 0) is 185 Å². The fourth-order valence-corrected chi connectivity index (χ4v) is 12.1. The average Bonchev–Trinajstić information content (AvgIpc) is 0.837. The fraction of sp³-hybridized carbons (Fsp3) is 0.315. The molecule has 8 aromatic rings. The number of aryl methyl sites for hydroxylation is 4. The van der Waals surface area contributed by atoms with Gasteiger partial charge < -0.3 is 46.6 Å². The van der Waals surface area contributed by atoms with Gasteiger partial charge in [-0.2, -0.15) is 0 Å². The summed E-state index contributed by atoms with van der Waals surface area (Å²) >= 11 is 31.0. The van der Waals surface area contributed by atoms with Gasteiger partial charge in [-0.1, -0.05) is 141 Å². The van der Waals surface area contributed by atoms with E-state index in [1.54, 1.807) is 12.1 Å². The zero-order valence-corrected chi connectivity index (χ0v) is 60.4. The lowest BCUT2D eigenvalue weighted by atomic mass is 9.98. The van der Waals surface area contributed by atoms with Crippen LogP contribution in [0.1, 0.15) is 138 Å². The number of ether oxygens (including phenoxy) is 2. The van der Waals surface area contributed by atoms with Crippen LogP contribution in [0.5, 0.6) is 11.8 Å². The second kappa shape index (κ2) is 40.1. The van der Waals surface area contributed by atoms with Crippen molar-refractivity contribution in [3.63, 3.8) is 0 Å². The van der Waals surface area contributed by atoms with Crippen LogP contribution in [0, 0.1) is 38.5 Å². The van der Waals surface area contributed by atoms with Crippen molar-refractivity contribution in [2.75, 3.05) is 51.4 Å². The van der Waals surface area contributed by atoms with Crippen LogP contribution in [0.4, 0.5) is 15.8 Å². The number of halogens is 7. The minimum atomic E-state index is -1.00. The molecule has 6 heterocycles. The average molecular weight is 1540 g/mol. The number of rotatable bonds is 13. The maximum Gasteiger partial charge on any atom is 0.256 e.